The van der Waals surface area contributed by atoms with E-state index in [1.165, 1.54) is 0 Å². The number of aliphatic hydroxyl groups is 1. The predicted molar refractivity (Wildman–Crippen MR) is 65.9 cm³/mol. The molecule has 1 atom stereocenters. The Balaban J connectivity index is 4.39. The molecule has 1 amide bonds. The molecule has 0 aliphatic heterocycles. The molecule has 1 unspecified atom stereocenters. The van der Waals surface area contributed by atoms with Gasteiger partial charge in [-0.2, -0.15) is 0 Å². The molecular weight excluding hydrogens is 204 g/mol. The first-order valence-electron chi connectivity index (χ1n) is 5.84. The van der Waals surface area contributed by atoms with Crippen molar-refractivity contribution in [3.8, 4) is 0 Å². The Kier molecular flexibility index (Phi) is 5.97. The fraction of sp³-hybridized carbons (Fsp3) is 0.917. The molecule has 16 heavy (non-hydrogen) atoms. The first-order chi connectivity index (χ1) is 7.17. The van der Waals surface area contributed by atoms with Crippen LogP contribution in [0.25, 0.3) is 0 Å². The lowest BCUT2D eigenvalue weighted by atomic mass is 9.95. The molecule has 0 aliphatic carbocycles. The van der Waals surface area contributed by atoms with Crippen LogP contribution in [0, 0.1) is 11.8 Å². The molecule has 0 heterocycles. The average Bonchev–Trinajstić information content (AvgIpc) is 2.09. The van der Waals surface area contributed by atoms with Crippen molar-refractivity contribution in [3.05, 3.63) is 0 Å². The molecular formula is C12H26N2O2. The molecule has 0 spiro atoms. The Labute approximate surface area is 98.8 Å². The summed E-state index contributed by atoms with van der Waals surface area (Å²) >= 11 is 0. The molecule has 0 aliphatic rings. The van der Waals surface area contributed by atoms with E-state index < -0.39 is 5.60 Å². The summed E-state index contributed by atoms with van der Waals surface area (Å²) in [5.41, 5.74) is 4.75. The number of carbonyl (C=O) groups excluding carboxylic acids is 1. The normalized spacial score (nSPS) is 14.0. The molecule has 0 radical (unpaired) electrons. The van der Waals surface area contributed by atoms with Gasteiger partial charge in [-0.3, -0.25) is 4.79 Å². The highest BCUT2D eigenvalue weighted by Crippen LogP contribution is 2.14. The minimum Gasteiger partial charge on any atom is -0.389 e. The Morgan fingerprint density at radius 1 is 1.44 bits per heavy atom. The molecule has 0 saturated heterocycles. The highest BCUT2D eigenvalue weighted by molar-refractivity contribution is 5.78. The van der Waals surface area contributed by atoms with E-state index in [9.17, 15) is 9.90 Å². The summed E-state index contributed by atoms with van der Waals surface area (Å²) in [5, 5.41) is 9.65. The maximum atomic E-state index is 12.0. The van der Waals surface area contributed by atoms with Gasteiger partial charge in [-0.25, -0.2) is 0 Å². The molecule has 4 nitrogen and oxygen atoms in total. The standard InChI is InChI=1S/C12H26N2O2/c1-9(2)6-10(7-13)11(15)14(5)8-12(3,4)16/h9-10,16H,6-8,13H2,1-5H3. The van der Waals surface area contributed by atoms with Crippen LogP contribution >= 0.6 is 0 Å². The number of nitrogens with zero attached hydrogens (tertiary/aromatic N) is 1. The SMILES string of the molecule is CC(C)CC(CN)C(=O)N(C)CC(C)(C)O. The number of amides is 1. The molecule has 3 N–H and O–H groups in total. The van der Waals surface area contributed by atoms with Crippen LogP contribution in [0.4, 0.5) is 0 Å². The summed E-state index contributed by atoms with van der Waals surface area (Å²) in [6, 6.07) is 0. The maximum absolute atomic E-state index is 12.0. The Hall–Kier alpha value is -0.610. The molecule has 0 aromatic rings. The number of likely N-dealkylation sites (N-methyl/N-ethyl adjacent to an activating group) is 1. The maximum Gasteiger partial charge on any atom is 0.226 e. The highest BCUT2D eigenvalue weighted by atomic mass is 16.3. The summed E-state index contributed by atoms with van der Waals surface area (Å²) in [4.78, 5) is 13.6. The summed E-state index contributed by atoms with van der Waals surface area (Å²) in [7, 11) is 1.71. The monoisotopic (exact) mass is 230 g/mol. The van der Waals surface area contributed by atoms with E-state index in [-0.39, 0.29) is 11.8 Å². The fourth-order valence-corrected chi connectivity index (χ4v) is 1.84. The molecule has 0 saturated carbocycles. The third kappa shape index (κ3) is 6.08. The van der Waals surface area contributed by atoms with E-state index in [0.29, 0.717) is 19.0 Å². The van der Waals surface area contributed by atoms with Crippen LogP contribution in [-0.4, -0.2) is 41.7 Å². The lowest BCUT2D eigenvalue weighted by Gasteiger charge is -2.29. The number of rotatable bonds is 6. The van der Waals surface area contributed by atoms with Gasteiger partial charge in [-0.05, 0) is 26.2 Å². The zero-order chi connectivity index (χ0) is 12.9. The second-order valence-corrected chi connectivity index (χ2v) is 5.57. The second kappa shape index (κ2) is 6.21. The van der Waals surface area contributed by atoms with Gasteiger partial charge < -0.3 is 15.7 Å². The summed E-state index contributed by atoms with van der Waals surface area (Å²) in [6.45, 7) is 8.23. The van der Waals surface area contributed by atoms with E-state index >= 15 is 0 Å². The van der Waals surface area contributed by atoms with Gasteiger partial charge in [0, 0.05) is 20.1 Å². The fourth-order valence-electron chi connectivity index (χ4n) is 1.84. The van der Waals surface area contributed by atoms with Crippen molar-refractivity contribution < 1.29 is 9.90 Å². The Morgan fingerprint density at radius 3 is 2.25 bits per heavy atom. The van der Waals surface area contributed by atoms with Crippen LogP contribution in [0.15, 0.2) is 0 Å². The lowest BCUT2D eigenvalue weighted by molar-refractivity contribution is -0.137. The van der Waals surface area contributed by atoms with Gasteiger partial charge in [0.2, 0.25) is 5.91 Å². The van der Waals surface area contributed by atoms with Gasteiger partial charge in [0.05, 0.1) is 11.5 Å². The van der Waals surface area contributed by atoms with Crippen LogP contribution < -0.4 is 5.73 Å². The van der Waals surface area contributed by atoms with E-state index in [2.05, 4.69) is 13.8 Å². The smallest absolute Gasteiger partial charge is 0.226 e. The topological polar surface area (TPSA) is 66.6 Å². The van der Waals surface area contributed by atoms with Crippen LogP contribution in [-0.2, 0) is 4.79 Å². The third-order valence-corrected chi connectivity index (χ3v) is 2.39. The van der Waals surface area contributed by atoms with E-state index in [1.807, 2.05) is 0 Å². The third-order valence-electron chi connectivity index (χ3n) is 2.39. The van der Waals surface area contributed by atoms with Crippen LogP contribution in [0.3, 0.4) is 0 Å². The van der Waals surface area contributed by atoms with Crippen LogP contribution in [0.1, 0.15) is 34.1 Å². The molecule has 0 bridgehead atoms. The van der Waals surface area contributed by atoms with E-state index in [4.69, 9.17) is 5.73 Å². The molecule has 0 aromatic heterocycles. The summed E-state index contributed by atoms with van der Waals surface area (Å²) < 4.78 is 0. The van der Waals surface area contributed by atoms with Crippen molar-refractivity contribution in [1.82, 2.24) is 4.90 Å². The Morgan fingerprint density at radius 2 is 1.94 bits per heavy atom. The van der Waals surface area contributed by atoms with E-state index in [1.54, 1.807) is 25.8 Å². The van der Waals surface area contributed by atoms with Crippen molar-refractivity contribution in [3.63, 3.8) is 0 Å². The number of hydrogen-bond acceptors (Lipinski definition) is 3. The van der Waals surface area contributed by atoms with Crippen molar-refractivity contribution in [2.75, 3.05) is 20.1 Å². The average molecular weight is 230 g/mol. The van der Waals surface area contributed by atoms with Crippen molar-refractivity contribution in [2.45, 2.75) is 39.7 Å². The largest absolute Gasteiger partial charge is 0.389 e. The molecule has 4 heteroatoms. The van der Waals surface area contributed by atoms with Gasteiger partial charge in [0.25, 0.3) is 0 Å². The van der Waals surface area contributed by atoms with Gasteiger partial charge in [-0.15, -0.1) is 0 Å². The summed E-state index contributed by atoms with van der Waals surface area (Å²) in [5.74, 6) is 0.346. The van der Waals surface area contributed by atoms with Gasteiger partial charge >= 0.3 is 0 Å². The van der Waals surface area contributed by atoms with Crippen molar-refractivity contribution in [1.29, 1.82) is 0 Å². The highest BCUT2D eigenvalue weighted by Gasteiger charge is 2.25. The quantitative estimate of drug-likeness (QED) is 0.710. The molecule has 0 aromatic carbocycles. The first-order valence-corrected chi connectivity index (χ1v) is 5.84. The second-order valence-electron chi connectivity index (χ2n) is 5.57. The minimum atomic E-state index is -0.860. The van der Waals surface area contributed by atoms with E-state index in [0.717, 1.165) is 6.42 Å². The number of hydrogen-bond donors (Lipinski definition) is 2. The number of nitrogens with two attached hydrogens (primary N) is 1. The van der Waals surface area contributed by atoms with Gasteiger partial charge in [0.15, 0.2) is 0 Å². The van der Waals surface area contributed by atoms with Crippen molar-refractivity contribution in [2.24, 2.45) is 17.6 Å². The van der Waals surface area contributed by atoms with Crippen LogP contribution in [0.2, 0.25) is 0 Å². The van der Waals surface area contributed by atoms with Gasteiger partial charge in [-0.1, -0.05) is 13.8 Å². The summed E-state index contributed by atoms with van der Waals surface area (Å²) in [6.07, 6.45) is 0.797. The Bertz CT molecular complexity index is 222. The first kappa shape index (κ1) is 15.4. The molecule has 96 valence electrons. The zero-order valence-corrected chi connectivity index (χ0v) is 11.2. The molecule has 0 fully saturated rings. The van der Waals surface area contributed by atoms with Crippen molar-refractivity contribution >= 4 is 5.91 Å². The predicted octanol–water partition coefficient (Wildman–Crippen LogP) is 0.837. The van der Waals surface area contributed by atoms with Crippen LogP contribution in [0.5, 0.6) is 0 Å². The minimum absolute atomic E-state index is 0.0262. The molecule has 0 rings (SSSR count). The zero-order valence-electron chi connectivity index (χ0n) is 11.2. The number of carbonyl (C=O) groups is 1. The lowest BCUT2D eigenvalue weighted by Crippen LogP contribution is -2.44. The van der Waals surface area contributed by atoms with Gasteiger partial charge in [0.1, 0.15) is 0 Å².